The van der Waals surface area contributed by atoms with Gasteiger partial charge in [0.2, 0.25) is 0 Å². The Labute approximate surface area is 325 Å². The maximum atomic E-state index is 2.46. The minimum Gasteiger partial charge on any atom is -0.308 e. The van der Waals surface area contributed by atoms with Crippen LogP contribution in [0.5, 0.6) is 0 Å². The highest BCUT2D eigenvalue weighted by molar-refractivity contribution is 7.26. The molecule has 9 aromatic carbocycles. The first-order chi connectivity index (χ1) is 27.3. The predicted molar refractivity (Wildman–Crippen MR) is 237 cm³/mol. The Morgan fingerprint density at radius 1 is 0.309 bits per heavy atom. The zero-order valence-electron chi connectivity index (χ0n) is 30.1. The topological polar surface area (TPSA) is 6.48 Å². The van der Waals surface area contributed by atoms with E-state index >= 15 is 0 Å². The maximum Gasteiger partial charge on any atom is 0.0716 e. The first kappa shape index (κ1) is 32.7. The molecule has 1 heterocycles. The van der Waals surface area contributed by atoms with E-state index in [1.165, 1.54) is 47.6 Å². The van der Waals surface area contributed by atoms with Gasteiger partial charge in [0, 0.05) is 42.8 Å². The van der Waals surface area contributed by atoms with E-state index in [-0.39, 0.29) is 0 Å². The van der Waals surface area contributed by atoms with Crippen molar-refractivity contribution >= 4 is 76.4 Å². The smallest absolute Gasteiger partial charge is 0.0716 e. The van der Waals surface area contributed by atoms with Gasteiger partial charge in [0.15, 0.2) is 0 Å². The molecule has 3 heteroatoms. The SMILES string of the molecule is c1ccc(-c2cccc(N(c3ccccc3)c3cc4sc5ccc6ccccc6c5c4cc3N(c3ccccc3)c3ccccc3-c3ccccc3)c2)cc1. The minimum absolute atomic E-state index is 1.09. The number of hydrogen-bond donors (Lipinski definition) is 0. The lowest BCUT2D eigenvalue weighted by atomic mass is 9.99. The molecular formula is C52H36N2S. The second kappa shape index (κ2) is 14.1. The van der Waals surface area contributed by atoms with Crippen molar-refractivity contribution in [3.8, 4) is 22.3 Å². The van der Waals surface area contributed by atoms with Crippen LogP contribution in [0, 0.1) is 0 Å². The van der Waals surface area contributed by atoms with Gasteiger partial charge in [0.25, 0.3) is 0 Å². The highest BCUT2D eigenvalue weighted by Gasteiger charge is 2.26. The van der Waals surface area contributed by atoms with Crippen molar-refractivity contribution in [3.05, 3.63) is 218 Å². The highest BCUT2D eigenvalue weighted by atomic mass is 32.1. The molecule has 0 N–H and O–H groups in total. The monoisotopic (exact) mass is 720 g/mol. The van der Waals surface area contributed by atoms with Crippen molar-refractivity contribution in [1.82, 2.24) is 0 Å². The number of hydrogen-bond acceptors (Lipinski definition) is 3. The van der Waals surface area contributed by atoms with Crippen molar-refractivity contribution in [2.75, 3.05) is 9.80 Å². The summed E-state index contributed by atoms with van der Waals surface area (Å²) in [5.74, 6) is 0. The Morgan fingerprint density at radius 2 is 0.873 bits per heavy atom. The van der Waals surface area contributed by atoms with Crippen LogP contribution in [0.1, 0.15) is 0 Å². The Bertz CT molecular complexity index is 2920. The summed E-state index contributed by atoms with van der Waals surface area (Å²) < 4.78 is 2.53. The average Bonchev–Trinajstić information content (AvgIpc) is 3.64. The summed E-state index contributed by atoms with van der Waals surface area (Å²) in [4.78, 5) is 4.90. The second-order valence-electron chi connectivity index (χ2n) is 13.7. The van der Waals surface area contributed by atoms with Gasteiger partial charge in [0.1, 0.15) is 0 Å². The Hall–Kier alpha value is -6.94. The molecule has 55 heavy (non-hydrogen) atoms. The Kier molecular flexibility index (Phi) is 8.40. The summed E-state index contributed by atoms with van der Waals surface area (Å²) >= 11 is 1.87. The fourth-order valence-electron chi connectivity index (χ4n) is 7.90. The third-order valence-corrected chi connectivity index (χ3v) is 11.5. The summed E-state index contributed by atoms with van der Waals surface area (Å²) in [6.07, 6.45) is 0. The van der Waals surface area contributed by atoms with Gasteiger partial charge in [-0.2, -0.15) is 0 Å². The van der Waals surface area contributed by atoms with E-state index in [0.717, 1.165) is 39.7 Å². The van der Waals surface area contributed by atoms with Gasteiger partial charge in [-0.25, -0.2) is 0 Å². The number of anilines is 6. The van der Waals surface area contributed by atoms with Crippen molar-refractivity contribution in [1.29, 1.82) is 0 Å². The molecule has 2 nitrogen and oxygen atoms in total. The molecule has 0 amide bonds. The fraction of sp³-hybridized carbons (Fsp3) is 0. The molecule has 0 aliphatic heterocycles. The van der Waals surface area contributed by atoms with Crippen LogP contribution in [-0.4, -0.2) is 0 Å². The number of thiophene rings is 1. The van der Waals surface area contributed by atoms with Crippen molar-refractivity contribution in [3.63, 3.8) is 0 Å². The van der Waals surface area contributed by atoms with Crippen LogP contribution >= 0.6 is 11.3 Å². The van der Waals surface area contributed by atoms with Crippen LogP contribution in [0.15, 0.2) is 218 Å². The molecule has 0 radical (unpaired) electrons. The molecule has 0 spiro atoms. The summed E-state index contributed by atoms with van der Waals surface area (Å²) in [5.41, 5.74) is 11.2. The fourth-order valence-corrected chi connectivity index (χ4v) is 9.04. The third-order valence-electron chi connectivity index (χ3n) is 10.4. The highest BCUT2D eigenvalue weighted by Crippen LogP contribution is 2.52. The molecule has 0 fully saturated rings. The van der Waals surface area contributed by atoms with Gasteiger partial charge < -0.3 is 9.80 Å². The van der Waals surface area contributed by atoms with E-state index in [9.17, 15) is 0 Å². The second-order valence-corrected chi connectivity index (χ2v) is 14.8. The summed E-state index contributed by atoms with van der Waals surface area (Å²) in [6.45, 7) is 0. The van der Waals surface area contributed by atoms with Gasteiger partial charge in [0.05, 0.1) is 17.1 Å². The molecule has 10 rings (SSSR count). The van der Waals surface area contributed by atoms with Gasteiger partial charge in [-0.15, -0.1) is 11.3 Å². The molecule has 0 atom stereocenters. The molecular weight excluding hydrogens is 685 g/mol. The largest absolute Gasteiger partial charge is 0.308 e. The van der Waals surface area contributed by atoms with E-state index in [4.69, 9.17) is 0 Å². The van der Waals surface area contributed by atoms with Crippen LogP contribution in [-0.2, 0) is 0 Å². The number of fused-ring (bicyclic) bond motifs is 5. The predicted octanol–water partition coefficient (Wildman–Crippen LogP) is 15.5. The molecule has 260 valence electrons. The molecule has 1 aromatic heterocycles. The average molecular weight is 721 g/mol. The first-order valence-corrected chi connectivity index (χ1v) is 19.5. The first-order valence-electron chi connectivity index (χ1n) is 18.7. The summed E-state index contributed by atoms with van der Waals surface area (Å²) in [6, 6.07) is 78.9. The van der Waals surface area contributed by atoms with Crippen molar-refractivity contribution in [2.24, 2.45) is 0 Å². The minimum atomic E-state index is 1.09. The van der Waals surface area contributed by atoms with E-state index in [2.05, 4.69) is 228 Å². The van der Waals surface area contributed by atoms with Crippen LogP contribution in [0.4, 0.5) is 34.1 Å². The van der Waals surface area contributed by atoms with Crippen LogP contribution < -0.4 is 9.80 Å². The van der Waals surface area contributed by atoms with Gasteiger partial charge in [-0.05, 0) is 88.1 Å². The van der Waals surface area contributed by atoms with Crippen molar-refractivity contribution < 1.29 is 0 Å². The lowest BCUT2D eigenvalue weighted by molar-refractivity contribution is 1.23. The normalized spacial score (nSPS) is 11.3. The number of rotatable bonds is 8. The third kappa shape index (κ3) is 6.01. The van der Waals surface area contributed by atoms with E-state index in [0.29, 0.717) is 0 Å². The van der Waals surface area contributed by atoms with Crippen LogP contribution in [0.25, 0.3) is 53.2 Å². The molecule has 0 saturated heterocycles. The van der Waals surface area contributed by atoms with Gasteiger partial charge in [-0.1, -0.05) is 158 Å². The van der Waals surface area contributed by atoms with Gasteiger partial charge in [-0.3, -0.25) is 0 Å². The zero-order valence-corrected chi connectivity index (χ0v) is 30.9. The molecule has 0 bridgehead atoms. The zero-order chi connectivity index (χ0) is 36.6. The van der Waals surface area contributed by atoms with E-state index < -0.39 is 0 Å². The molecule has 0 saturated carbocycles. The van der Waals surface area contributed by atoms with Crippen LogP contribution in [0.2, 0.25) is 0 Å². The van der Waals surface area contributed by atoms with E-state index in [1.807, 2.05) is 11.3 Å². The Balaban J connectivity index is 1.33. The standard InChI is InChI=1S/C52H36N2S/c1-5-18-37(19-6-1)40-23-17-28-43(34-40)53(41-24-9-3-10-25-41)49-36-51-46(52-45-30-14-13-22-39(45)32-33-50(52)55-51)35-48(49)54(42-26-11-4-12-27-42)47-31-16-15-29-44(47)38-20-7-2-8-21-38/h1-36H. The number of para-hydroxylation sites is 3. The molecule has 10 aromatic rings. The van der Waals surface area contributed by atoms with Crippen molar-refractivity contribution in [2.45, 2.75) is 0 Å². The van der Waals surface area contributed by atoms with E-state index in [1.54, 1.807) is 0 Å². The maximum absolute atomic E-state index is 2.46. The lowest BCUT2D eigenvalue weighted by Gasteiger charge is -2.34. The number of benzene rings is 9. The molecule has 0 aliphatic rings. The lowest BCUT2D eigenvalue weighted by Crippen LogP contribution is -2.17. The Morgan fingerprint density at radius 3 is 1.62 bits per heavy atom. The molecule has 0 unspecified atom stereocenters. The summed E-state index contributed by atoms with van der Waals surface area (Å²) in [7, 11) is 0. The van der Waals surface area contributed by atoms with Crippen LogP contribution in [0.3, 0.4) is 0 Å². The summed E-state index contributed by atoms with van der Waals surface area (Å²) in [5, 5.41) is 5.07. The molecule has 0 aliphatic carbocycles. The quantitative estimate of drug-likeness (QED) is 0.154. The number of nitrogens with zero attached hydrogens (tertiary/aromatic N) is 2. The van der Waals surface area contributed by atoms with Gasteiger partial charge >= 0.3 is 0 Å².